The summed E-state index contributed by atoms with van der Waals surface area (Å²) in [5, 5.41) is 4.27. The van der Waals surface area contributed by atoms with E-state index < -0.39 is 0 Å². The molecule has 72 valence electrons. The minimum absolute atomic E-state index is 0.840. The molecule has 0 N–H and O–H groups in total. The molecule has 1 aromatic rings. The van der Waals surface area contributed by atoms with Gasteiger partial charge in [-0.25, -0.2) is 4.98 Å². The van der Waals surface area contributed by atoms with Crippen LogP contribution in [0.1, 0.15) is 37.8 Å². The van der Waals surface area contributed by atoms with Crippen LogP contribution in [0.25, 0.3) is 6.08 Å². The highest BCUT2D eigenvalue weighted by molar-refractivity contribution is 14.1. The number of nitrogens with zero attached hydrogens (tertiary/aromatic N) is 3. The van der Waals surface area contributed by atoms with Crippen LogP contribution < -0.4 is 0 Å². The quantitative estimate of drug-likeness (QED) is 0.617. The highest BCUT2D eigenvalue weighted by Gasteiger charge is 2.03. The van der Waals surface area contributed by atoms with Crippen LogP contribution in [0.5, 0.6) is 0 Å². The zero-order chi connectivity index (χ0) is 9.68. The number of rotatable bonds is 5. The molecule has 0 unspecified atom stereocenters. The van der Waals surface area contributed by atoms with E-state index in [9.17, 15) is 0 Å². The molecule has 0 amide bonds. The van der Waals surface area contributed by atoms with Crippen molar-refractivity contribution in [2.45, 2.75) is 32.6 Å². The maximum atomic E-state index is 4.33. The van der Waals surface area contributed by atoms with Gasteiger partial charge in [0.25, 0.3) is 0 Å². The Labute approximate surface area is 92.7 Å². The number of hydrogen-bond donors (Lipinski definition) is 0. The predicted octanol–water partition coefficient (Wildman–Crippen LogP) is 2.85. The lowest BCUT2D eigenvalue weighted by Crippen LogP contribution is -1.89. The average molecular weight is 291 g/mol. The first kappa shape index (κ1) is 10.7. The van der Waals surface area contributed by atoms with Gasteiger partial charge in [-0.15, -0.1) is 5.10 Å². The van der Waals surface area contributed by atoms with Gasteiger partial charge in [0.05, 0.1) is 22.9 Å². The standard InChI is InChI=1S/C9H14IN3/c1-3-5-6-7-8-11-9(4-2)13(10)12-8/h4H,2-3,5-7H2,1H3. The normalized spacial score (nSPS) is 10.3. The zero-order valence-electron chi connectivity index (χ0n) is 7.83. The fraction of sp³-hybridized carbons (Fsp3) is 0.556. The van der Waals surface area contributed by atoms with Crippen molar-refractivity contribution < 1.29 is 0 Å². The van der Waals surface area contributed by atoms with Gasteiger partial charge in [0.15, 0.2) is 11.6 Å². The summed E-state index contributed by atoms with van der Waals surface area (Å²) in [4.78, 5) is 4.33. The third kappa shape index (κ3) is 3.10. The number of unbranched alkanes of at least 4 members (excludes halogenated alkanes) is 2. The third-order valence-corrected chi connectivity index (χ3v) is 2.53. The SMILES string of the molecule is C=Cc1nc(CCCCC)nn1I. The molecule has 1 rings (SSSR count). The molecule has 1 aromatic heterocycles. The Bertz CT molecular complexity index is 280. The molecule has 0 spiro atoms. The van der Waals surface area contributed by atoms with Gasteiger partial charge in [-0.3, -0.25) is 0 Å². The number of halogens is 1. The van der Waals surface area contributed by atoms with E-state index in [1.807, 2.05) is 0 Å². The molecule has 0 aromatic carbocycles. The van der Waals surface area contributed by atoms with Crippen LogP contribution in [0.3, 0.4) is 0 Å². The summed E-state index contributed by atoms with van der Waals surface area (Å²) in [5.41, 5.74) is 0. The fourth-order valence-corrected chi connectivity index (χ4v) is 1.66. The lowest BCUT2D eigenvalue weighted by atomic mass is 10.2. The topological polar surface area (TPSA) is 30.7 Å². The lowest BCUT2D eigenvalue weighted by Gasteiger charge is -1.91. The minimum Gasteiger partial charge on any atom is -0.211 e. The Hall–Kier alpha value is -0.390. The van der Waals surface area contributed by atoms with Gasteiger partial charge in [-0.1, -0.05) is 26.3 Å². The highest BCUT2D eigenvalue weighted by Crippen LogP contribution is 2.07. The van der Waals surface area contributed by atoms with E-state index in [1.165, 1.54) is 19.3 Å². The Morgan fingerprint density at radius 2 is 2.31 bits per heavy atom. The van der Waals surface area contributed by atoms with Crippen LogP contribution in [-0.2, 0) is 6.42 Å². The molecule has 0 atom stereocenters. The number of aromatic nitrogens is 3. The molecule has 0 saturated heterocycles. The van der Waals surface area contributed by atoms with Gasteiger partial charge in [0.2, 0.25) is 0 Å². The Morgan fingerprint density at radius 3 is 2.85 bits per heavy atom. The van der Waals surface area contributed by atoms with Crippen LogP contribution >= 0.6 is 22.9 Å². The molecule has 0 saturated carbocycles. The fourth-order valence-electron chi connectivity index (χ4n) is 1.11. The number of aryl methyl sites for hydroxylation is 1. The first-order valence-corrected chi connectivity index (χ1v) is 5.49. The van der Waals surface area contributed by atoms with Crippen molar-refractivity contribution in [2.24, 2.45) is 0 Å². The van der Waals surface area contributed by atoms with E-state index >= 15 is 0 Å². The van der Waals surface area contributed by atoms with E-state index in [4.69, 9.17) is 0 Å². The average Bonchev–Trinajstić information content (AvgIpc) is 2.47. The molecule has 13 heavy (non-hydrogen) atoms. The van der Waals surface area contributed by atoms with Crippen LogP contribution in [0.2, 0.25) is 0 Å². The molecule has 0 aliphatic heterocycles. The third-order valence-electron chi connectivity index (χ3n) is 1.82. The van der Waals surface area contributed by atoms with Crippen molar-refractivity contribution in [1.82, 2.24) is 13.0 Å². The van der Waals surface area contributed by atoms with Gasteiger partial charge in [-0.2, -0.15) is 2.90 Å². The van der Waals surface area contributed by atoms with E-state index in [2.05, 4.69) is 46.4 Å². The van der Waals surface area contributed by atoms with Gasteiger partial charge >= 0.3 is 0 Å². The van der Waals surface area contributed by atoms with Crippen molar-refractivity contribution in [1.29, 1.82) is 0 Å². The lowest BCUT2D eigenvalue weighted by molar-refractivity contribution is 0.695. The van der Waals surface area contributed by atoms with Crippen molar-refractivity contribution in [3.05, 3.63) is 18.2 Å². The molecule has 0 fully saturated rings. The van der Waals surface area contributed by atoms with Gasteiger partial charge < -0.3 is 0 Å². The molecule has 4 heteroatoms. The second-order valence-electron chi connectivity index (χ2n) is 2.91. The Balaban J connectivity index is 2.52. The number of hydrogen-bond acceptors (Lipinski definition) is 2. The first-order valence-electron chi connectivity index (χ1n) is 4.52. The van der Waals surface area contributed by atoms with Crippen LogP contribution in [-0.4, -0.2) is 13.0 Å². The summed E-state index contributed by atoms with van der Waals surface area (Å²) in [6.07, 6.45) is 6.36. The van der Waals surface area contributed by atoms with Crippen molar-refractivity contribution in [3.63, 3.8) is 0 Å². The molecule has 0 aliphatic carbocycles. The van der Waals surface area contributed by atoms with E-state index in [0.29, 0.717) is 0 Å². The molecular weight excluding hydrogens is 277 g/mol. The molecule has 1 heterocycles. The molecule has 0 aliphatic rings. The highest BCUT2D eigenvalue weighted by atomic mass is 127. The van der Waals surface area contributed by atoms with Crippen molar-refractivity contribution in [2.75, 3.05) is 0 Å². The van der Waals surface area contributed by atoms with E-state index in [0.717, 1.165) is 18.1 Å². The van der Waals surface area contributed by atoms with Crippen molar-refractivity contribution in [3.8, 4) is 0 Å². The predicted molar refractivity (Wildman–Crippen MR) is 62.8 cm³/mol. The monoisotopic (exact) mass is 291 g/mol. The van der Waals surface area contributed by atoms with Crippen LogP contribution in [0.15, 0.2) is 6.58 Å². The zero-order valence-corrected chi connectivity index (χ0v) is 9.99. The maximum absolute atomic E-state index is 4.33. The summed E-state index contributed by atoms with van der Waals surface area (Å²) in [6.45, 7) is 5.87. The summed E-state index contributed by atoms with van der Waals surface area (Å²) < 4.78 is 1.74. The Kier molecular flexibility index (Phi) is 4.41. The summed E-state index contributed by atoms with van der Waals surface area (Å²) in [6, 6.07) is 0. The van der Waals surface area contributed by atoms with Crippen LogP contribution in [0, 0.1) is 0 Å². The van der Waals surface area contributed by atoms with Crippen LogP contribution in [0.4, 0.5) is 0 Å². The Morgan fingerprint density at radius 1 is 1.54 bits per heavy atom. The second-order valence-corrected chi connectivity index (χ2v) is 3.82. The largest absolute Gasteiger partial charge is 0.211 e. The summed E-state index contributed by atoms with van der Waals surface area (Å²) in [7, 11) is 0. The van der Waals surface area contributed by atoms with Crippen molar-refractivity contribution >= 4 is 28.9 Å². The summed E-state index contributed by atoms with van der Waals surface area (Å²) >= 11 is 2.11. The molecule has 3 nitrogen and oxygen atoms in total. The van der Waals surface area contributed by atoms with Gasteiger partial charge in [0.1, 0.15) is 0 Å². The summed E-state index contributed by atoms with van der Waals surface area (Å²) in [5.74, 6) is 1.77. The van der Waals surface area contributed by atoms with Gasteiger partial charge in [0, 0.05) is 6.42 Å². The minimum atomic E-state index is 0.840. The van der Waals surface area contributed by atoms with E-state index in [1.54, 1.807) is 8.97 Å². The van der Waals surface area contributed by atoms with Gasteiger partial charge in [-0.05, 0) is 12.5 Å². The smallest absolute Gasteiger partial charge is 0.160 e. The molecule has 0 bridgehead atoms. The first-order chi connectivity index (χ1) is 6.27. The maximum Gasteiger partial charge on any atom is 0.160 e. The molecular formula is C9H14IN3. The molecule has 0 radical (unpaired) electrons. The van der Waals surface area contributed by atoms with E-state index in [-0.39, 0.29) is 0 Å². The second kappa shape index (κ2) is 5.36.